The number of hydrogen-bond acceptors (Lipinski definition) is 6. The van der Waals surface area contributed by atoms with Gasteiger partial charge in [0.15, 0.2) is 0 Å². The fourth-order valence-electron chi connectivity index (χ4n) is 4.78. The van der Waals surface area contributed by atoms with Crippen LogP contribution in [0.25, 0.3) is 0 Å². The van der Waals surface area contributed by atoms with Crippen molar-refractivity contribution in [3.8, 4) is 5.88 Å². The number of nitrogens with zero attached hydrogens (tertiary/aromatic N) is 3. The maximum atomic E-state index is 12.8. The van der Waals surface area contributed by atoms with Crippen molar-refractivity contribution >= 4 is 11.7 Å². The summed E-state index contributed by atoms with van der Waals surface area (Å²) in [5.74, 6) is -1.56. The van der Waals surface area contributed by atoms with Gasteiger partial charge in [-0.1, -0.05) is 0 Å². The van der Waals surface area contributed by atoms with Gasteiger partial charge in [-0.05, 0) is 44.9 Å². The van der Waals surface area contributed by atoms with Gasteiger partial charge in [-0.25, -0.2) is 0 Å². The summed E-state index contributed by atoms with van der Waals surface area (Å²) in [4.78, 5) is 13.5. The Morgan fingerprint density at radius 2 is 2.10 bits per heavy atom. The standard InChI is InChI=1S/C21H28F3N3O4/c1-20(19(28)29)9-16(20)17-11-27(6-7-30-17)15-8-18(26-25-10-15)31-12-13-2-4-14(5-3-13)21(22,23)24/h8,10,13-14,16-17H,2-7,9,11-12H2,1H3,(H,28,29)/t13-,14-,16?,17-,20?/m1/s1. The van der Waals surface area contributed by atoms with E-state index in [2.05, 4.69) is 15.1 Å². The zero-order chi connectivity index (χ0) is 22.2. The number of rotatable bonds is 6. The van der Waals surface area contributed by atoms with Crippen molar-refractivity contribution in [3.63, 3.8) is 0 Å². The molecule has 3 fully saturated rings. The Kier molecular flexibility index (Phi) is 6.02. The summed E-state index contributed by atoms with van der Waals surface area (Å²) in [6.45, 7) is 3.80. The SMILES string of the molecule is CC1(C(=O)O)CC1[C@H]1CN(c2cnnc(OC[C@H]3CC[C@H](C(F)(F)F)CC3)c2)CCO1. The monoisotopic (exact) mass is 443 g/mol. The quantitative estimate of drug-likeness (QED) is 0.720. The molecule has 0 amide bonds. The van der Waals surface area contributed by atoms with Crippen molar-refractivity contribution in [2.24, 2.45) is 23.2 Å². The minimum Gasteiger partial charge on any atom is -0.481 e. The lowest BCUT2D eigenvalue weighted by Crippen LogP contribution is -2.44. The van der Waals surface area contributed by atoms with Gasteiger partial charge in [-0.2, -0.15) is 18.3 Å². The van der Waals surface area contributed by atoms with E-state index in [4.69, 9.17) is 9.47 Å². The van der Waals surface area contributed by atoms with Crippen molar-refractivity contribution in [1.29, 1.82) is 0 Å². The van der Waals surface area contributed by atoms with E-state index in [1.807, 2.05) is 0 Å². The third-order valence-electron chi connectivity index (χ3n) is 7.09. The topological polar surface area (TPSA) is 84.8 Å². The number of aliphatic carboxylic acids is 1. The molecule has 1 aromatic heterocycles. The van der Waals surface area contributed by atoms with E-state index < -0.39 is 23.5 Å². The molecule has 0 bridgehead atoms. The number of carboxylic acid groups (broad SMARTS) is 1. The number of ether oxygens (including phenoxy) is 2. The predicted octanol–water partition coefficient (Wildman–Crippen LogP) is 3.54. The Bertz CT molecular complexity index is 800. The number of halogens is 3. The molecule has 31 heavy (non-hydrogen) atoms. The van der Waals surface area contributed by atoms with Gasteiger partial charge in [-0.15, -0.1) is 5.10 Å². The molecule has 7 nitrogen and oxygen atoms in total. The molecule has 2 aliphatic carbocycles. The molecule has 1 aromatic rings. The molecular weight excluding hydrogens is 415 g/mol. The normalized spacial score (nSPS) is 33.7. The van der Waals surface area contributed by atoms with Gasteiger partial charge in [0.1, 0.15) is 0 Å². The molecule has 3 atom stereocenters. The first-order chi connectivity index (χ1) is 14.7. The average molecular weight is 443 g/mol. The number of carboxylic acids is 1. The highest BCUT2D eigenvalue weighted by atomic mass is 19.4. The fraction of sp³-hybridized carbons (Fsp3) is 0.762. The molecular formula is C21H28F3N3O4. The van der Waals surface area contributed by atoms with Crippen LogP contribution in [0.2, 0.25) is 0 Å². The zero-order valence-electron chi connectivity index (χ0n) is 17.5. The summed E-state index contributed by atoms with van der Waals surface area (Å²) in [6.07, 6.45) is -0.740. The molecule has 0 spiro atoms. The summed E-state index contributed by atoms with van der Waals surface area (Å²) < 4.78 is 50.0. The molecule has 1 saturated heterocycles. The van der Waals surface area contributed by atoms with Crippen LogP contribution in [0.4, 0.5) is 18.9 Å². The maximum absolute atomic E-state index is 12.8. The molecule has 2 saturated carbocycles. The summed E-state index contributed by atoms with van der Waals surface area (Å²) in [5, 5.41) is 17.4. The van der Waals surface area contributed by atoms with Crippen LogP contribution >= 0.6 is 0 Å². The van der Waals surface area contributed by atoms with E-state index in [1.165, 1.54) is 0 Å². The molecule has 2 heterocycles. The van der Waals surface area contributed by atoms with E-state index in [9.17, 15) is 23.1 Å². The summed E-state index contributed by atoms with van der Waals surface area (Å²) >= 11 is 0. The number of hydrogen-bond donors (Lipinski definition) is 1. The Labute approximate surface area is 178 Å². The average Bonchev–Trinajstić information content (AvgIpc) is 3.46. The van der Waals surface area contributed by atoms with E-state index in [-0.39, 0.29) is 30.8 Å². The molecule has 1 aliphatic heterocycles. The van der Waals surface area contributed by atoms with E-state index in [1.54, 1.807) is 19.2 Å². The highest BCUT2D eigenvalue weighted by Crippen LogP contribution is 2.55. The second-order valence-corrected chi connectivity index (χ2v) is 9.21. The minimum atomic E-state index is -4.11. The summed E-state index contributed by atoms with van der Waals surface area (Å²) in [5.41, 5.74) is 0.0978. The lowest BCUT2D eigenvalue weighted by atomic mass is 9.82. The first-order valence-corrected chi connectivity index (χ1v) is 10.8. The minimum absolute atomic E-state index is 0.00913. The van der Waals surface area contributed by atoms with Gasteiger partial charge in [0.25, 0.3) is 0 Å². The van der Waals surface area contributed by atoms with E-state index in [0.717, 1.165) is 5.69 Å². The highest BCUT2D eigenvalue weighted by molar-refractivity contribution is 5.78. The summed E-state index contributed by atoms with van der Waals surface area (Å²) in [6, 6.07) is 1.78. The van der Waals surface area contributed by atoms with Gasteiger partial charge >= 0.3 is 12.1 Å². The molecule has 0 aromatic carbocycles. The number of alkyl halides is 3. The molecule has 0 radical (unpaired) electrons. The number of morpholine rings is 1. The second kappa shape index (κ2) is 8.44. The Balaban J connectivity index is 1.30. The van der Waals surface area contributed by atoms with Crippen LogP contribution in [0.5, 0.6) is 5.88 Å². The molecule has 4 rings (SSSR count). The number of anilines is 1. The van der Waals surface area contributed by atoms with Crippen LogP contribution in [0, 0.1) is 23.2 Å². The number of carbonyl (C=O) groups is 1. The van der Waals surface area contributed by atoms with E-state index in [0.29, 0.717) is 51.4 Å². The van der Waals surface area contributed by atoms with Crippen LogP contribution in [0.1, 0.15) is 39.0 Å². The number of aromatic nitrogens is 2. The lowest BCUT2D eigenvalue weighted by molar-refractivity contribution is -0.184. The van der Waals surface area contributed by atoms with Gasteiger partial charge in [0, 0.05) is 25.1 Å². The Morgan fingerprint density at radius 1 is 1.35 bits per heavy atom. The first-order valence-electron chi connectivity index (χ1n) is 10.8. The predicted molar refractivity (Wildman–Crippen MR) is 105 cm³/mol. The lowest BCUT2D eigenvalue weighted by Gasteiger charge is -2.35. The van der Waals surface area contributed by atoms with Crippen molar-refractivity contribution in [3.05, 3.63) is 12.3 Å². The first kappa shape index (κ1) is 22.1. The second-order valence-electron chi connectivity index (χ2n) is 9.21. The van der Waals surface area contributed by atoms with E-state index >= 15 is 0 Å². The zero-order valence-corrected chi connectivity index (χ0v) is 17.5. The van der Waals surface area contributed by atoms with Crippen molar-refractivity contribution in [1.82, 2.24) is 10.2 Å². The van der Waals surface area contributed by atoms with Crippen molar-refractivity contribution in [2.75, 3.05) is 31.2 Å². The molecule has 2 unspecified atom stereocenters. The molecule has 172 valence electrons. The Hall–Kier alpha value is -2.10. The van der Waals surface area contributed by atoms with Gasteiger partial charge in [-0.3, -0.25) is 4.79 Å². The Morgan fingerprint density at radius 3 is 2.74 bits per heavy atom. The van der Waals surface area contributed by atoms with Crippen LogP contribution in [-0.2, 0) is 9.53 Å². The smallest absolute Gasteiger partial charge is 0.391 e. The molecule has 3 aliphatic rings. The van der Waals surface area contributed by atoms with Crippen molar-refractivity contribution in [2.45, 2.75) is 51.3 Å². The van der Waals surface area contributed by atoms with Crippen LogP contribution < -0.4 is 9.64 Å². The molecule has 1 N–H and O–H groups in total. The maximum Gasteiger partial charge on any atom is 0.391 e. The third-order valence-corrected chi connectivity index (χ3v) is 7.09. The van der Waals surface area contributed by atoms with Crippen LogP contribution in [-0.4, -0.2) is 59.9 Å². The van der Waals surface area contributed by atoms with Crippen LogP contribution in [0.3, 0.4) is 0 Å². The summed E-state index contributed by atoms with van der Waals surface area (Å²) in [7, 11) is 0. The third kappa shape index (κ3) is 4.88. The van der Waals surface area contributed by atoms with Gasteiger partial charge in [0.2, 0.25) is 5.88 Å². The molecule has 10 heteroatoms. The van der Waals surface area contributed by atoms with Gasteiger partial charge < -0.3 is 19.5 Å². The van der Waals surface area contributed by atoms with Crippen LogP contribution in [0.15, 0.2) is 12.3 Å². The highest BCUT2D eigenvalue weighted by Gasteiger charge is 2.60. The van der Waals surface area contributed by atoms with Crippen molar-refractivity contribution < 1.29 is 32.5 Å². The fourth-order valence-corrected chi connectivity index (χ4v) is 4.78. The van der Waals surface area contributed by atoms with Gasteiger partial charge in [0.05, 0.1) is 42.5 Å². The largest absolute Gasteiger partial charge is 0.481 e.